The number of nitrogens with zero attached hydrogens (tertiary/aromatic N) is 3. The lowest BCUT2D eigenvalue weighted by molar-refractivity contribution is -0.0335. The fraction of sp³-hybridized carbons (Fsp3) is 0.467. The average molecular weight is 289 g/mol. The molecule has 1 aliphatic rings. The Bertz CT molecular complexity index is 625. The largest absolute Gasteiger partial charge is 0.385 e. The molecule has 6 heteroatoms. The van der Waals surface area contributed by atoms with Crippen LogP contribution in [0.2, 0.25) is 0 Å². The van der Waals surface area contributed by atoms with Gasteiger partial charge in [-0.2, -0.15) is 5.10 Å². The molecule has 3 rings (SSSR count). The number of amides is 1. The Morgan fingerprint density at radius 1 is 1.48 bits per heavy atom. The van der Waals surface area contributed by atoms with E-state index in [1.807, 2.05) is 29.2 Å². The Balaban J connectivity index is 1.76. The predicted octanol–water partition coefficient (Wildman–Crippen LogP) is 1.21. The molecule has 0 aliphatic carbocycles. The summed E-state index contributed by atoms with van der Waals surface area (Å²) in [6, 6.07) is 7.51. The number of carbonyl (C=O) groups is 1. The van der Waals surface area contributed by atoms with Gasteiger partial charge in [-0.25, -0.2) is 4.52 Å². The first kappa shape index (κ1) is 14.0. The normalized spacial score (nSPS) is 19.1. The number of hydrogen-bond donors (Lipinski definition) is 0. The standard InChI is InChI=1S/C15H19N3O3/c1-20-9-6-13-11-17(8-10-21-13)15(19)14-4-2-3-12-5-7-16-18(12)14/h2-5,7,13H,6,8-11H2,1H3/t13-/m0/s1. The maximum atomic E-state index is 12.7. The number of methoxy groups -OCH3 is 1. The number of ether oxygens (including phenoxy) is 2. The molecule has 1 fully saturated rings. The summed E-state index contributed by atoms with van der Waals surface area (Å²) in [5.74, 6) is -0.00461. The first-order chi connectivity index (χ1) is 10.3. The molecule has 1 atom stereocenters. The van der Waals surface area contributed by atoms with Crippen LogP contribution in [0.4, 0.5) is 0 Å². The summed E-state index contributed by atoms with van der Waals surface area (Å²) in [6.45, 7) is 2.41. The van der Waals surface area contributed by atoms with E-state index in [9.17, 15) is 4.79 Å². The maximum Gasteiger partial charge on any atom is 0.272 e. The number of hydrogen-bond acceptors (Lipinski definition) is 4. The van der Waals surface area contributed by atoms with Crippen LogP contribution in [0.5, 0.6) is 0 Å². The second kappa shape index (κ2) is 6.24. The van der Waals surface area contributed by atoms with Gasteiger partial charge in [0.1, 0.15) is 5.69 Å². The van der Waals surface area contributed by atoms with Crippen LogP contribution >= 0.6 is 0 Å². The third-order valence-corrected chi connectivity index (χ3v) is 3.71. The fourth-order valence-electron chi connectivity index (χ4n) is 2.60. The van der Waals surface area contributed by atoms with E-state index in [1.165, 1.54) is 0 Å². The molecule has 2 aromatic heterocycles. The lowest BCUT2D eigenvalue weighted by Gasteiger charge is -2.33. The predicted molar refractivity (Wildman–Crippen MR) is 77.3 cm³/mol. The van der Waals surface area contributed by atoms with Crippen LogP contribution < -0.4 is 0 Å². The van der Waals surface area contributed by atoms with E-state index in [4.69, 9.17) is 9.47 Å². The van der Waals surface area contributed by atoms with E-state index in [-0.39, 0.29) is 12.0 Å². The Hall–Kier alpha value is -1.92. The summed E-state index contributed by atoms with van der Waals surface area (Å²) in [5, 5.41) is 4.22. The molecule has 1 amide bonds. The molecule has 0 saturated carbocycles. The summed E-state index contributed by atoms with van der Waals surface area (Å²) < 4.78 is 12.4. The summed E-state index contributed by atoms with van der Waals surface area (Å²) in [4.78, 5) is 14.5. The first-order valence-corrected chi connectivity index (χ1v) is 7.12. The first-order valence-electron chi connectivity index (χ1n) is 7.12. The third-order valence-electron chi connectivity index (χ3n) is 3.71. The SMILES string of the molecule is COCC[C@H]1CN(C(=O)c2cccc3ccnn23)CCO1. The molecule has 21 heavy (non-hydrogen) atoms. The lowest BCUT2D eigenvalue weighted by atomic mass is 10.2. The highest BCUT2D eigenvalue weighted by Crippen LogP contribution is 2.14. The van der Waals surface area contributed by atoms with Crippen molar-refractivity contribution in [3.8, 4) is 0 Å². The Morgan fingerprint density at radius 2 is 2.38 bits per heavy atom. The van der Waals surface area contributed by atoms with Gasteiger partial charge in [-0.1, -0.05) is 6.07 Å². The van der Waals surface area contributed by atoms with Gasteiger partial charge < -0.3 is 14.4 Å². The molecule has 2 aromatic rings. The summed E-state index contributed by atoms with van der Waals surface area (Å²) in [6.07, 6.45) is 2.54. The van der Waals surface area contributed by atoms with E-state index < -0.39 is 0 Å². The average Bonchev–Trinajstić information content (AvgIpc) is 3.01. The second-order valence-electron chi connectivity index (χ2n) is 5.10. The van der Waals surface area contributed by atoms with Crippen LogP contribution in [0.3, 0.4) is 0 Å². The van der Waals surface area contributed by atoms with Gasteiger partial charge in [0.2, 0.25) is 0 Å². The van der Waals surface area contributed by atoms with E-state index in [0.717, 1.165) is 11.9 Å². The molecule has 6 nitrogen and oxygen atoms in total. The number of aromatic nitrogens is 2. The van der Waals surface area contributed by atoms with E-state index in [0.29, 0.717) is 32.0 Å². The Morgan fingerprint density at radius 3 is 3.24 bits per heavy atom. The number of pyridine rings is 1. The van der Waals surface area contributed by atoms with Crippen molar-refractivity contribution >= 4 is 11.4 Å². The Kier molecular flexibility index (Phi) is 4.17. The third kappa shape index (κ3) is 2.91. The van der Waals surface area contributed by atoms with Gasteiger partial charge in [0, 0.05) is 26.8 Å². The Labute approximate surface area is 123 Å². The molecule has 3 heterocycles. The van der Waals surface area contributed by atoms with Crippen molar-refractivity contribution in [1.29, 1.82) is 0 Å². The van der Waals surface area contributed by atoms with Gasteiger partial charge in [-0.3, -0.25) is 4.79 Å². The smallest absolute Gasteiger partial charge is 0.272 e. The van der Waals surface area contributed by atoms with Crippen LogP contribution in [0.25, 0.3) is 5.52 Å². The van der Waals surface area contributed by atoms with Crippen molar-refractivity contribution in [2.75, 3.05) is 33.4 Å². The highest BCUT2D eigenvalue weighted by molar-refractivity contribution is 5.93. The molecule has 0 spiro atoms. The fourth-order valence-corrected chi connectivity index (χ4v) is 2.60. The molecule has 0 bridgehead atoms. The van der Waals surface area contributed by atoms with Crippen molar-refractivity contribution in [2.45, 2.75) is 12.5 Å². The quantitative estimate of drug-likeness (QED) is 0.849. The molecular formula is C15H19N3O3. The van der Waals surface area contributed by atoms with Gasteiger partial charge in [-0.15, -0.1) is 0 Å². The van der Waals surface area contributed by atoms with Crippen molar-refractivity contribution in [2.24, 2.45) is 0 Å². The van der Waals surface area contributed by atoms with Crippen LogP contribution in [-0.2, 0) is 9.47 Å². The van der Waals surface area contributed by atoms with E-state index in [1.54, 1.807) is 17.8 Å². The number of fused-ring (bicyclic) bond motifs is 1. The van der Waals surface area contributed by atoms with Crippen LogP contribution in [-0.4, -0.2) is 59.9 Å². The van der Waals surface area contributed by atoms with Crippen LogP contribution in [0.1, 0.15) is 16.9 Å². The van der Waals surface area contributed by atoms with E-state index in [2.05, 4.69) is 5.10 Å². The lowest BCUT2D eigenvalue weighted by Crippen LogP contribution is -2.46. The van der Waals surface area contributed by atoms with Crippen molar-refractivity contribution in [1.82, 2.24) is 14.5 Å². The molecular weight excluding hydrogens is 270 g/mol. The number of rotatable bonds is 4. The molecule has 0 N–H and O–H groups in total. The molecule has 1 saturated heterocycles. The topological polar surface area (TPSA) is 56.1 Å². The number of carbonyl (C=O) groups excluding carboxylic acids is 1. The van der Waals surface area contributed by atoms with Gasteiger partial charge in [0.25, 0.3) is 5.91 Å². The van der Waals surface area contributed by atoms with Gasteiger partial charge in [0.05, 0.1) is 24.4 Å². The molecule has 0 aromatic carbocycles. The maximum absolute atomic E-state index is 12.7. The summed E-state index contributed by atoms with van der Waals surface area (Å²) >= 11 is 0. The van der Waals surface area contributed by atoms with Crippen LogP contribution in [0.15, 0.2) is 30.5 Å². The number of morpholine rings is 1. The summed E-state index contributed by atoms with van der Waals surface area (Å²) in [5.41, 5.74) is 1.51. The van der Waals surface area contributed by atoms with Gasteiger partial charge in [-0.05, 0) is 24.6 Å². The van der Waals surface area contributed by atoms with Crippen molar-refractivity contribution in [3.63, 3.8) is 0 Å². The molecule has 112 valence electrons. The van der Waals surface area contributed by atoms with Gasteiger partial charge in [0.15, 0.2) is 0 Å². The van der Waals surface area contributed by atoms with E-state index >= 15 is 0 Å². The monoisotopic (exact) mass is 289 g/mol. The minimum absolute atomic E-state index is 0.00461. The van der Waals surface area contributed by atoms with Crippen molar-refractivity contribution in [3.05, 3.63) is 36.2 Å². The molecule has 0 radical (unpaired) electrons. The zero-order chi connectivity index (χ0) is 14.7. The molecule has 0 unspecified atom stereocenters. The van der Waals surface area contributed by atoms with Crippen molar-refractivity contribution < 1.29 is 14.3 Å². The minimum Gasteiger partial charge on any atom is -0.385 e. The zero-order valence-corrected chi connectivity index (χ0v) is 12.1. The highest BCUT2D eigenvalue weighted by atomic mass is 16.5. The van der Waals surface area contributed by atoms with Gasteiger partial charge >= 0.3 is 0 Å². The molecule has 1 aliphatic heterocycles. The summed E-state index contributed by atoms with van der Waals surface area (Å²) in [7, 11) is 1.67. The second-order valence-corrected chi connectivity index (χ2v) is 5.10. The van der Waals surface area contributed by atoms with Crippen LogP contribution in [0, 0.1) is 0 Å². The minimum atomic E-state index is -0.00461. The zero-order valence-electron chi connectivity index (χ0n) is 12.1. The highest BCUT2D eigenvalue weighted by Gasteiger charge is 2.26.